The number of aromatic nitrogens is 3. The van der Waals surface area contributed by atoms with Crippen molar-refractivity contribution in [2.45, 2.75) is 64.5 Å². The number of hydrogen-bond donors (Lipinski definition) is 2. The van der Waals surface area contributed by atoms with Gasteiger partial charge in [-0.1, -0.05) is 0 Å². The maximum absolute atomic E-state index is 12.8. The highest BCUT2D eigenvalue weighted by molar-refractivity contribution is 5.92. The number of primary amides is 1. The fourth-order valence-electron chi connectivity index (χ4n) is 4.41. The molecule has 0 radical (unpaired) electrons. The molecular formula is C21H27N5O3. The molecule has 1 aliphatic carbocycles. The van der Waals surface area contributed by atoms with Crippen LogP contribution in [-0.4, -0.2) is 32.9 Å². The van der Waals surface area contributed by atoms with Crippen molar-refractivity contribution in [2.24, 2.45) is 11.7 Å². The Bertz CT molecular complexity index is 923. The van der Waals surface area contributed by atoms with Gasteiger partial charge in [0.25, 0.3) is 0 Å². The maximum atomic E-state index is 12.8. The van der Waals surface area contributed by atoms with Crippen LogP contribution in [0.15, 0.2) is 18.5 Å². The molecule has 3 N–H and O–H groups in total. The quantitative estimate of drug-likeness (QED) is 0.823. The number of pyridine rings is 1. The fraction of sp³-hybridized carbons (Fsp3) is 0.524. The van der Waals surface area contributed by atoms with Crippen LogP contribution >= 0.6 is 0 Å². The Morgan fingerprint density at radius 1 is 1.21 bits per heavy atom. The van der Waals surface area contributed by atoms with Crippen LogP contribution in [0.3, 0.4) is 0 Å². The lowest BCUT2D eigenvalue weighted by Crippen LogP contribution is -2.33. The highest BCUT2D eigenvalue weighted by atomic mass is 16.6. The SMILES string of the molecule is Cc1cnc(NC(=O)[C@H]2CCC[C@@H](OC(N)=O)C2)cc1-c1cnn2c1CCCC2. The average molecular weight is 397 g/mol. The number of ether oxygens (including phenoxy) is 1. The Hall–Kier alpha value is -2.90. The molecule has 3 heterocycles. The van der Waals surface area contributed by atoms with Crippen LogP contribution in [-0.2, 0) is 22.5 Å². The molecule has 1 fully saturated rings. The summed E-state index contributed by atoms with van der Waals surface area (Å²) in [4.78, 5) is 28.2. The van der Waals surface area contributed by atoms with Gasteiger partial charge < -0.3 is 15.8 Å². The number of rotatable bonds is 4. The number of fused-ring (bicyclic) bond motifs is 1. The van der Waals surface area contributed by atoms with Gasteiger partial charge in [-0.25, -0.2) is 9.78 Å². The Morgan fingerprint density at radius 3 is 2.90 bits per heavy atom. The van der Waals surface area contributed by atoms with Gasteiger partial charge in [0.15, 0.2) is 0 Å². The lowest BCUT2D eigenvalue weighted by atomic mass is 9.86. The average Bonchev–Trinajstić information content (AvgIpc) is 3.13. The number of nitrogens with two attached hydrogens (primary N) is 1. The molecule has 2 aromatic heterocycles. The minimum absolute atomic E-state index is 0.0953. The van der Waals surface area contributed by atoms with E-state index in [1.807, 2.05) is 19.2 Å². The summed E-state index contributed by atoms with van der Waals surface area (Å²) in [6.45, 7) is 2.98. The first-order chi connectivity index (χ1) is 14.0. The van der Waals surface area contributed by atoms with Gasteiger partial charge in [-0.15, -0.1) is 0 Å². The molecule has 2 aliphatic rings. The van der Waals surface area contributed by atoms with Crippen LogP contribution in [0.5, 0.6) is 0 Å². The topological polar surface area (TPSA) is 112 Å². The lowest BCUT2D eigenvalue weighted by molar-refractivity contribution is -0.122. The molecule has 1 aliphatic heterocycles. The Balaban J connectivity index is 1.50. The minimum Gasteiger partial charge on any atom is -0.446 e. The molecule has 2 atom stereocenters. The van der Waals surface area contributed by atoms with E-state index in [0.717, 1.165) is 55.3 Å². The molecule has 154 valence electrons. The van der Waals surface area contributed by atoms with E-state index < -0.39 is 6.09 Å². The van der Waals surface area contributed by atoms with Gasteiger partial charge in [0.1, 0.15) is 11.9 Å². The highest BCUT2D eigenvalue weighted by Crippen LogP contribution is 2.32. The molecule has 8 nitrogen and oxygen atoms in total. The van der Waals surface area contributed by atoms with Crippen LogP contribution in [0, 0.1) is 12.8 Å². The standard InChI is InChI=1S/C21H27N5O3/c1-13-11-23-19(10-16(13)17-12-24-26-8-3-2-7-18(17)26)25-20(27)14-5-4-6-15(9-14)29-21(22)28/h10-12,14-15H,2-9H2,1H3,(H2,22,28)(H,23,25,27)/t14-,15+/m0/s1. The van der Waals surface area contributed by atoms with E-state index in [1.54, 1.807) is 6.20 Å². The molecule has 4 rings (SSSR count). The van der Waals surface area contributed by atoms with Gasteiger partial charge in [-0.05, 0) is 69.1 Å². The number of anilines is 1. The number of carbonyl (C=O) groups is 2. The number of hydrogen-bond acceptors (Lipinski definition) is 5. The van der Waals surface area contributed by atoms with Crippen LogP contribution in [0.2, 0.25) is 0 Å². The number of aryl methyl sites for hydroxylation is 2. The number of nitrogens with zero attached hydrogens (tertiary/aromatic N) is 3. The zero-order valence-corrected chi connectivity index (χ0v) is 16.7. The van der Waals surface area contributed by atoms with Crippen molar-refractivity contribution in [1.29, 1.82) is 0 Å². The van der Waals surface area contributed by atoms with Crippen molar-refractivity contribution in [1.82, 2.24) is 14.8 Å². The predicted octanol–water partition coefficient (Wildman–Crippen LogP) is 3.18. The second kappa shape index (κ2) is 8.23. The zero-order valence-electron chi connectivity index (χ0n) is 16.7. The Morgan fingerprint density at radius 2 is 2.07 bits per heavy atom. The summed E-state index contributed by atoms with van der Waals surface area (Å²) in [5.41, 5.74) is 9.59. The van der Waals surface area contributed by atoms with Gasteiger partial charge in [0.05, 0.1) is 6.20 Å². The fourth-order valence-corrected chi connectivity index (χ4v) is 4.41. The number of nitrogens with one attached hydrogen (secondary N) is 1. The number of amides is 2. The van der Waals surface area contributed by atoms with E-state index >= 15 is 0 Å². The van der Waals surface area contributed by atoms with E-state index in [-0.39, 0.29) is 17.9 Å². The second-order valence-corrected chi connectivity index (χ2v) is 7.98. The van der Waals surface area contributed by atoms with E-state index in [0.29, 0.717) is 12.2 Å². The predicted molar refractivity (Wildman–Crippen MR) is 108 cm³/mol. The summed E-state index contributed by atoms with van der Waals surface area (Å²) in [5.74, 6) is 0.218. The van der Waals surface area contributed by atoms with Crippen molar-refractivity contribution in [2.75, 3.05) is 5.32 Å². The summed E-state index contributed by atoms with van der Waals surface area (Å²) in [7, 11) is 0. The molecule has 0 spiro atoms. The van der Waals surface area contributed by atoms with Crippen molar-refractivity contribution in [3.63, 3.8) is 0 Å². The van der Waals surface area contributed by atoms with Crippen molar-refractivity contribution < 1.29 is 14.3 Å². The van der Waals surface area contributed by atoms with Gasteiger partial charge in [-0.3, -0.25) is 9.48 Å². The lowest BCUT2D eigenvalue weighted by Gasteiger charge is -2.27. The molecule has 2 aromatic rings. The monoisotopic (exact) mass is 397 g/mol. The van der Waals surface area contributed by atoms with Crippen molar-refractivity contribution >= 4 is 17.8 Å². The summed E-state index contributed by atoms with van der Waals surface area (Å²) < 4.78 is 7.17. The highest BCUT2D eigenvalue weighted by Gasteiger charge is 2.29. The summed E-state index contributed by atoms with van der Waals surface area (Å²) in [6, 6.07) is 1.93. The van der Waals surface area contributed by atoms with Crippen LogP contribution in [0.25, 0.3) is 11.1 Å². The smallest absolute Gasteiger partial charge is 0.404 e. The first-order valence-corrected chi connectivity index (χ1v) is 10.3. The molecular weight excluding hydrogens is 370 g/mol. The molecule has 8 heteroatoms. The first kappa shape index (κ1) is 19.4. The Kier molecular flexibility index (Phi) is 5.51. The summed E-state index contributed by atoms with van der Waals surface area (Å²) in [5, 5.41) is 7.47. The van der Waals surface area contributed by atoms with Crippen LogP contribution < -0.4 is 11.1 Å². The maximum Gasteiger partial charge on any atom is 0.404 e. The minimum atomic E-state index is -0.787. The summed E-state index contributed by atoms with van der Waals surface area (Å²) in [6.07, 6.45) is 8.79. The van der Waals surface area contributed by atoms with Crippen molar-refractivity contribution in [3.05, 3.63) is 29.7 Å². The third-order valence-corrected chi connectivity index (χ3v) is 5.91. The van der Waals surface area contributed by atoms with Gasteiger partial charge in [-0.2, -0.15) is 5.10 Å². The van der Waals surface area contributed by atoms with Gasteiger partial charge >= 0.3 is 6.09 Å². The molecule has 0 saturated heterocycles. The van der Waals surface area contributed by atoms with E-state index in [9.17, 15) is 9.59 Å². The van der Waals surface area contributed by atoms with Crippen molar-refractivity contribution in [3.8, 4) is 11.1 Å². The first-order valence-electron chi connectivity index (χ1n) is 10.3. The van der Waals surface area contributed by atoms with Crippen LogP contribution in [0.1, 0.15) is 49.8 Å². The molecule has 0 bridgehead atoms. The Labute approximate surface area is 169 Å². The normalized spacial score (nSPS) is 21.3. The third-order valence-electron chi connectivity index (χ3n) is 5.91. The zero-order chi connectivity index (χ0) is 20.4. The van der Waals surface area contributed by atoms with Gasteiger partial charge in [0.2, 0.25) is 5.91 Å². The summed E-state index contributed by atoms with van der Waals surface area (Å²) >= 11 is 0. The molecule has 0 unspecified atom stereocenters. The third kappa shape index (κ3) is 4.26. The van der Waals surface area contributed by atoms with Gasteiger partial charge in [0, 0.05) is 29.9 Å². The van der Waals surface area contributed by atoms with E-state index in [1.165, 1.54) is 12.1 Å². The molecule has 0 aromatic carbocycles. The molecule has 29 heavy (non-hydrogen) atoms. The van der Waals surface area contributed by atoms with E-state index in [4.69, 9.17) is 10.5 Å². The molecule has 1 saturated carbocycles. The number of carbonyl (C=O) groups excluding carboxylic acids is 2. The van der Waals surface area contributed by atoms with Crippen LogP contribution in [0.4, 0.5) is 10.6 Å². The van der Waals surface area contributed by atoms with E-state index in [2.05, 4.69) is 20.1 Å². The molecule has 2 amide bonds. The largest absolute Gasteiger partial charge is 0.446 e. The second-order valence-electron chi connectivity index (χ2n) is 7.98.